The van der Waals surface area contributed by atoms with Crippen molar-refractivity contribution in [2.45, 2.75) is 51.9 Å². The molecule has 1 aliphatic heterocycles. The Labute approximate surface area is 148 Å². The van der Waals surface area contributed by atoms with E-state index >= 15 is 0 Å². The van der Waals surface area contributed by atoms with E-state index in [0.29, 0.717) is 17.0 Å². The maximum atomic E-state index is 12.4. The first-order valence-corrected chi connectivity index (χ1v) is 9.26. The number of aryl methyl sites for hydroxylation is 2. The molecule has 1 aromatic carbocycles. The van der Waals surface area contributed by atoms with Crippen LogP contribution in [0.1, 0.15) is 60.7 Å². The molecule has 130 valence electrons. The zero-order valence-electron chi connectivity index (χ0n) is 14.6. The summed E-state index contributed by atoms with van der Waals surface area (Å²) in [5, 5.41) is 13.5. The number of hydrogen-bond acceptors (Lipinski definition) is 2. The summed E-state index contributed by atoms with van der Waals surface area (Å²) < 4.78 is 0. The number of carbonyl (C=O) groups excluding carboxylic acids is 1. The molecule has 3 N–H and O–H groups in total. The summed E-state index contributed by atoms with van der Waals surface area (Å²) in [5.41, 5.74) is 6.46. The van der Waals surface area contributed by atoms with Gasteiger partial charge in [-0.1, -0.05) is 19.4 Å². The van der Waals surface area contributed by atoms with Crippen LogP contribution in [-0.2, 0) is 24.1 Å². The van der Waals surface area contributed by atoms with Crippen LogP contribution in [0.3, 0.4) is 0 Å². The molecule has 1 aromatic heterocycles. The van der Waals surface area contributed by atoms with Crippen LogP contribution in [0.2, 0.25) is 0 Å². The Bertz CT molecular complexity index is 861. The van der Waals surface area contributed by atoms with E-state index < -0.39 is 0 Å². The van der Waals surface area contributed by atoms with Gasteiger partial charge in [0.05, 0.1) is 11.3 Å². The fourth-order valence-corrected chi connectivity index (χ4v) is 3.85. The molecule has 1 aliphatic carbocycles. The zero-order valence-corrected chi connectivity index (χ0v) is 14.6. The van der Waals surface area contributed by atoms with E-state index in [0.717, 1.165) is 67.5 Å². The highest BCUT2D eigenvalue weighted by molar-refractivity contribution is 6.35. The van der Waals surface area contributed by atoms with Gasteiger partial charge in [-0.05, 0) is 62.3 Å². The van der Waals surface area contributed by atoms with Crippen molar-refractivity contribution in [3.8, 4) is 5.75 Å². The van der Waals surface area contributed by atoms with Crippen molar-refractivity contribution >= 4 is 23.2 Å². The molecule has 2 aliphatic rings. The molecule has 2 heterocycles. The van der Waals surface area contributed by atoms with Gasteiger partial charge in [0, 0.05) is 22.5 Å². The van der Waals surface area contributed by atoms with Gasteiger partial charge in [-0.2, -0.15) is 0 Å². The first-order chi connectivity index (χ1) is 12.2. The smallest absolute Gasteiger partial charge is 0.256 e. The van der Waals surface area contributed by atoms with E-state index in [-0.39, 0.29) is 5.91 Å². The summed E-state index contributed by atoms with van der Waals surface area (Å²) in [6.45, 7) is 2.18. The van der Waals surface area contributed by atoms with Crippen molar-refractivity contribution in [3.05, 3.63) is 46.3 Å². The molecule has 0 saturated heterocycles. The molecule has 0 unspecified atom stereocenters. The molecular weight excluding hydrogens is 312 g/mol. The third kappa shape index (κ3) is 2.86. The second-order valence-corrected chi connectivity index (χ2v) is 7.05. The Hall–Kier alpha value is -2.49. The molecular formula is C21H24N2O2. The number of aromatic amines is 1. The minimum atomic E-state index is -0.102. The van der Waals surface area contributed by atoms with Gasteiger partial charge in [0.25, 0.3) is 5.91 Å². The van der Waals surface area contributed by atoms with Crippen LogP contribution >= 0.6 is 0 Å². The number of aromatic hydroxyl groups is 1. The van der Waals surface area contributed by atoms with Crippen LogP contribution in [0.4, 0.5) is 5.69 Å². The molecule has 25 heavy (non-hydrogen) atoms. The third-order valence-electron chi connectivity index (χ3n) is 5.27. The number of hydrogen-bond donors (Lipinski definition) is 3. The lowest BCUT2D eigenvalue weighted by atomic mass is 9.97. The maximum Gasteiger partial charge on any atom is 0.256 e. The van der Waals surface area contributed by atoms with Gasteiger partial charge in [0.1, 0.15) is 5.75 Å². The molecule has 0 atom stereocenters. The Kier molecular flexibility index (Phi) is 4.12. The van der Waals surface area contributed by atoms with Crippen LogP contribution in [-0.4, -0.2) is 16.0 Å². The minimum absolute atomic E-state index is 0.102. The molecule has 4 heteroatoms. The minimum Gasteiger partial charge on any atom is -0.505 e. The molecule has 0 fully saturated rings. The Morgan fingerprint density at radius 3 is 2.88 bits per heavy atom. The highest BCUT2D eigenvalue weighted by Gasteiger charge is 2.26. The summed E-state index contributed by atoms with van der Waals surface area (Å²) in [7, 11) is 0. The first-order valence-electron chi connectivity index (χ1n) is 9.26. The Morgan fingerprint density at radius 1 is 1.24 bits per heavy atom. The number of nitrogens with one attached hydrogen (secondary N) is 2. The van der Waals surface area contributed by atoms with E-state index in [2.05, 4.69) is 29.4 Å². The Morgan fingerprint density at radius 2 is 2.08 bits per heavy atom. The summed E-state index contributed by atoms with van der Waals surface area (Å²) in [6, 6.07) is 6.18. The van der Waals surface area contributed by atoms with Crippen LogP contribution < -0.4 is 5.32 Å². The van der Waals surface area contributed by atoms with Gasteiger partial charge in [-0.15, -0.1) is 0 Å². The van der Waals surface area contributed by atoms with Gasteiger partial charge in [0.2, 0.25) is 0 Å². The molecule has 2 aromatic rings. The number of H-pyrrole nitrogens is 1. The highest BCUT2D eigenvalue weighted by atomic mass is 16.3. The zero-order chi connectivity index (χ0) is 17.4. The van der Waals surface area contributed by atoms with Gasteiger partial charge in [0.15, 0.2) is 0 Å². The van der Waals surface area contributed by atoms with Gasteiger partial charge in [-0.3, -0.25) is 4.79 Å². The summed E-state index contributed by atoms with van der Waals surface area (Å²) in [4.78, 5) is 15.8. The normalized spacial score (nSPS) is 17.5. The SMILES string of the molecule is CCCCc1ccc2c(c1)C(=Cc1[nH]c3c(c1O)CCCC3)C(=O)N2. The average molecular weight is 336 g/mol. The maximum absolute atomic E-state index is 12.4. The van der Waals surface area contributed by atoms with Crippen molar-refractivity contribution in [1.29, 1.82) is 0 Å². The van der Waals surface area contributed by atoms with E-state index in [4.69, 9.17) is 0 Å². The fourth-order valence-electron chi connectivity index (χ4n) is 3.85. The van der Waals surface area contributed by atoms with Gasteiger partial charge in [-0.25, -0.2) is 0 Å². The van der Waals surface area contributed by atoms with Gasteiger partial charge >= 0.3 is 0 Å². The summed E-state index contributed by atoms with van der Waals surface area (Å²) >= 11 is 0. The van der Waals surface area contributed by atoms with E-state index in [9.17, 15) is 9.90 Å². The molecule has 0 radical (unpaired) electrons. The number of amides is 1. The fraction of sp³-hybridized carbons (Fsp3) is 0.381. The van der Waals surface area contributed by atoms with Crippen molar-refractivity contribution in [2.24, 2.45) is 0 Å². The summed E-state index contributed by atoms with van der Waals surface area (Å²) in [6.07, 6.45) is 9.25. The van der Waals surface area contributed by atoms with Crippen molar-refractivity contribution in [1.82, 2.24) is 4.98 Å². The molecule has 4 nitrogen and oxygen atoms in total. The van der Waals surface area contributed by atoms with Crippen molar-refractivity contribution < 1.29 is 9.90 Å². The predicted octanol–water partition coefficient (Wildman–Crippen LogP) is 4.43. The molecule has 4 rings (SSSR count). The van der Waals surface area contributed by atoms with Crippen LogP contribution in [0, 0.1) is 0 Å². The lowest BCUT2D eigenvalue weighted by Gasteiger charge is -2.09. The number of rotatable bonds is 4. The number of benzene rings is 1. The monoisotopic (exact) mass is 336 g/mol. The second kappa shape index (κ2) is 6.43. The van der Waals surface area contributed by atoms with E-state index in [1.54, 1.807) is 6.08 Å². The standard InChI is InChI=1S/C21H24N2O2/c1-2-3-6-13-9-10-18-15(11-13)16(21(25)23-18)12-19-20(24)14-7-4-5-8-17(14)22-19/h9-12,22,24H,2-8H2,1H3,(H,23,25). The third-order valence-corrected chi connectivity index (χ3v) is 5.27. The topological polar surface area (TPSA) is 65.1 Å². The van der Waals surface area contributed by atoms with Crippen LogP contribution in [0.5, 0.6) is 5.75 Å². The molecule has 0 saturated carbocycles. The number of aromatic nitrogens is 1. The summed E-state index contributed by atoms with van der Waals surface area (Å²) in [5.74, 6) is 0.209. The van der Waals surface area contributed by atoms with Crippen molar-refractivity contribution in [2.75, 3.05) is 5.32 Å². The number of anilines is 1. The highest BCUT2D eigenvalue weighted by Crippen LogP contribution is 2.38. The predicted molar refractivity (Wildman–Crippen MR) is 101 cm³/mol. The van der Waals surface area contributed by atoms with Crippen LogP contribution in [0.25, 0.3) is 11.6 Å². The van der Waals surface area contributed by atoms with Crippen molar-refractivity contribution in [3.63, 3.8) is 0 Å². The lowest BCUT2D eigenvalue weighted by molar-refractivity contribution is -0.110. The van der Waals surface area contributed by atoms with Gasteiger partial charge < -0.3 is 15.4 Å². The number of fused-ring (bicyclic) bond motifs is 2. The van der Waals surface area contributed by atoms with Crippen LogP contribution in [0.15, 0.2) is 18.2 Å². The van der Waals surface area contributed by atoms with E-state index in [1.807, 2.05) is 6.07 Å². The molecule has 0 bridgehead atoms. The molecule has 1 amide bonds. The Balaban J connectivity index is 1.73. The molecule has 0 spiro atoms. The van der Waals surface area contributed by atoms with E-state index in [1.165, 1.54) is 5.56 Å². The lowest BCUT2D eigenvalue weighted by Crippen LogP contribution is -2.03. The largest absolute Gasteiger partial charge is 0.505 e. The quantitative estimate of drug-likeness (QED) is 0.723. The first kappa shape index (κ1) is 16.0. The second-order valence-electron chi connectivity index (χ2n) is 7.05. The average Bonchev–Trinajstić information content (AvgIpc) is 3.11. The number of carbonyl (C=O) groups is 1. The number of unbranched alkanes of at least 4 members (excludes halogenated alkanes) is 1.